The summed E-state index contributed by atoms with van der Waals surface area (Å²) in [5.74, 6) is 2.51. The number of hydrogen-bond donors (Lipinski definition) is 2. The van der Waals surface area contributed by atoms with Crippen LogP contribution < -0.4 is 15.8 Å². The number of nitrogens with one attached hydrogen (secondary N) is 1. The van der Waals surface area contributed by atoms with Crippen LogP contribution in [0.5, 0.6) is 11.5 Å². The Bertz CT molecular complexity index is 1090. The molecule has 1 aliphatic rings. The Morgan fingerprint density at radius 2 is 1.68 bits per heavy atom. The Morgan fingerprint density at radius 3 is 2.27 bits per heavy atom. The van der Waals surface area contributed by atoms with Gasteiger partial charge < -0.3 is 15.8 Å². The fraction of sp³-hybridized carbons (Fsp3) is 0.406. The molecule has 200 valence electrons. The summed E-state index contributed by atoms with van der Waals surface area (Å²) in [6.07, 6.45) is 10.1. The highest BCUT2D eigenvalue weighted by Crippen LogP contribution is 2.32. The van der Waals surface area contributed by atoms with E-state index < -0.39 is 0 Å². The van der Waals surface area contributed by atoms with Crippen molar-refractivity contribution in [1.82, 2.24) is 0 Å². The van der Waals surface area contributed by atoms with E-state index in [1.165, 1.54) is 44.9 Å². The molecule has 0 radical (unpaired) electrons. The van der Waals surface area contributed by atoms with Crippen molar-refractivity contribution in [2.45, 2.75) is 79.2 Å². The second kappa shape index (κ2) is 16.9. The van der Waals surface area contributed by atoms with Crippen LogP contribution in [0.4, 0.5) is 11.4 Å². The van der Waals surface area contributed by atoms with Gasteiger partial charge in [-0.3, -0.25) is 4.79 Å². The van der Waals surface area contributed by atoms with E-state index in [-0.39, 0.29) is 5.78 Å². The molecule has 3 aromatic carbocycles. The Morgan fingerprint density at radius 1 is 0.973 bits per heavy atom. The number of rotatable bonds is 7. The molecule has 4 rings (SSSR count). The fourth-order valence-corrected chi connectivity index (χ4v) is 4.18. The molecule has 4 nitrogen and oxygen atoms in total. The molecule has 0 amide bonds. The van der Waals surface area contributed by atoms with Crippen LogP contribution in [0.3, 0.4) is 0 Å². The summed E-state index contributed by atoms with van der Waals surface area (Å²) in [4.78, 5) is 11.5. The molecule has 37 heavy (non-hydrogen) atoms. The number of nitrogens with two attached hydrogens (primary N) is 1. The molecule has 1 fully saturated rings. The zero-order chi connectivity index (χ0) is 27.0. The standard InChI is InChI=1S/C21H19BrN2O2.C7H14.C4H10/c1-14(25)16-6-4-5-15(11-16)13-24-20-12-17(9-10-19(20)23)26-21-8-3-2-7-18(21)22;1-7-5-3-2-4-6-7;1-3-4-2/h2-12,24H,13,23H2,1H3;7H,2-6H2,1H3;3-4H2,1-2H3. The second-order valence-electron chi connectivity index (χ2n) is 9.63. The maximum absolute atomic E-state index is 11.5. The van der Waals surface area contributed by atoms with Gasteiger partial charge in [-0.1, -0.05) is 96.0 Å². The summed E-state index contributed by atoms with van der Waals surface area (Å²) in [6.45, 7) is 8.84. The zero-order valence-electron chi connectivity index (χ0n) is 22.9. The van der Waals surface area contributed by atoms with E-state index in [9.17, 15) is 4.79 Å². The van der Waals surface area contributed by atoms with Gasteiger partial charge in [-0.15, -0.1) is 0 Å². The predicted molar refractivity (Wildman–Crippen MR) is 162 cm³/mol. The SMILES string of the molecule is CC(=O)c1cccc(CNc2cc(Oc3ccccc3Br)ccc2N)c1.CC1CCCCC1.CCCC. The average Bonchev–Trinajstić information content (AvgIpc) is 2.91. The minimum Gasteiger partial charge on any atom is -0.456 e. The molecular weight excluding hydrogens is 524 g/mol. The summed E-state index contributed by atoms with van der Waals surface area (Å²) in [5, 5.41) is 3.31. The van der Waals surface area contributed by atoms with Gasteiger partial charge in [-0.25, -0.2) is 0 Å². The Balaban J connectivity index is 0.000000363. The molecule has 3 aromatic rings. The number of carbonyl (C=O) groups excluding carboxylic acids is 1. The predicted octanol–water partition coefficient (Wildman–Crippen LogP) is 10.0. The maximum Gasteiger partial charge on any atom is 0.159 e. The molecule has 0 unspecified atom stereocenters. The number of halogens is 1. The minimum absolute atomic E-state index is 0.0511. The van der Waals surface area contributed by atoms with E-state index in [2.05, 4.69) is 42.0 Å². The van der Waals surface area contributed by atoms with Crippen LogP contribution >= 0.6 is 15.9 Å². The van der Waals surface area contributed by atoms with Crippen LogP contribution in [0.25, 0.3) is 0 Å². The summed E-state index contributed by atoms with van der Waals surface area (Å²) >= 11 is 3.47. The number of Topliss-reactive ketones (excluding diaryl/α,β-unsaturated/α-hetero) is 1. The summed E-state index contributed by atoms with van der Waals surface area (Å²) in [7, 11) is 0. The van der Waals surface area contributed by atoms with E-state index in [1.807, 2.05) is 60.7 Å². The van der Waals surface area contributed by atoms with Gasteiger partial charge >= 0.3 is 0 Å². The number of benzene rings is 3. The second-order valence-corrected chi connectivity index (χ2v) is 10.5. The van der Waals surface area contributed by atoms with Gasteiger partial charge in [0.15, 0.2) is 5.78 Å². The molecule has 0 aliphatic heterocycles. The monoisotopic (exact) mass is 566 g/mol. The molecular formula is C32H43BrN2O2. The fourth-order valence-electron chi connectivity index (χ4n) is 3.81. The third-order valence-corrected chi connectivity index (χ3v) is 6.95. The number of nitrogen functional groups attached to an aromatic ring is 1. The molecule has 0 spiro atoms. The molecule has 0 atom stereocenters. The quantitative estimate of drug-likeness (QED) is 0.220. The summed E-state index contributed by atoms with van der Waals surface area (Å²) in [6, 6.07) is 20.7. The van der Waals surface area contributed by atoms with Gasteiger partial charge in [-0.05, 0) is 64.7 Å². The van der Waals surface area contributed by atoms with Crippen molar-refractivity contribution >= 4 is 33.1 Å². The normalized spacial score (nSPS) is 12.9. The van der Waals surface area contributed by atoms with Crippen molar-refractivity contribution in [2.75, 3.05) is 11.1 Å². The summed E-state index contributed by atoms with van der Waals surface area (Å²) in [5.41, 5.74) is 9.19. The van der Waals surface area contributed by atoms with Crippen LogP contribution in [-0.4, -0.2) is 5.78 Å². The van der Waals surface area contributed by atoms with E-state index in [0.717, 1.165) is 27.4 Å². The number of hydrogen-bond acceptors (Lipinski definition) is 4. The van der Waals surface area contributed by atoms with Crippen LogP contribution in [0.2, 0.25) is 0 Å². The van der Waals surface area contributed by atoms with Gasteiger partial charge in [0.2, 0.25) is 0 Å². The van der Waals surface area contributed by atoms with Gasteiger partial charge in [0.1, 0.15) is 11.5 Å². The minimum atomic E-state index is 0.0511. The van der Waals surface area contributed by atoms with Crippen LogP contribution in [0.1, 0.15) is 88.6 Å². The van der Waals surface area contributed by atoms with Crippen molar-refractivity contribution in [3.63, 3.8) is 0 Å². The molecule has 0 heterocycles. The topological polar surface area (TPSA) is 64.3 Å². The highest BCUT2D eigenvalue weighted by atomic mass is 79.9. The highest BCUT2D eigenvalue weighted by Gasteiger charge is 2.07. The first-order chi connectivity index (χ1) is 17.8. The molecule has 1 saturated carbocycles. The maximum atomic E-state index is 11.5. The lowest BCUT2D eigenvalue weighted by atomic mass is 9.91. The molecule has 0 saturated heterocycles. The van der Waals surface area contributed by atoms with E-state index in [0.29, 0.717) is 23.5 Å². The number of para-hydroxylation sites is 1. The van der Waals surface area contributed by atoms with Crippen molar-refractivity contribution in [3.8, 4) is 11.5 Å². The zero-order valence-corrected chi connectivity index (χ0v) is 24.4. The Labute approximate surface area is 232 Å². The number of ether oxygens (including phenoxy) is 1. The van der Waals surface area contributed by atoms with Crippen molar-refractivity contribution in [2.24, 2.45) is 5.92 Å². The Hall–Kier alpha value is -2.79. The van der Waals surface area contributed by atoms with E-state index in [1.54, 1.807) is 13.0 Å². The third kappa shape index (κ3) is 11.4. The third-order valence-electron chi connectivity index (χ3n) is 6.30. The molecule has 0 bridgehead atoms. The van der Waals surface area contributed by atoms with Crippen molar-refractivity contribution in [1.29, 1.82) is 0 Å². The first-order valence-electron chi connectivity index (χ1n) is 13.5. The number of unbranched alkanes of at least 4 members (excludes halogenated alkanes) is 1. The van der Waals surface area contributed by atoms with Gasteiger partial charge in [0.25, 0.3) is 0 Å². The first-order valence-corrected chi connectivity index (χ1v) is 14.3. The smallest absolute Gasteiger partial charge is 0.159 e. The molecule has 5 heteroatoms. The van der Waals surface area contributed by atoms with E-state index in [4.69, 9.17) is 10.5 Å². The number of carbonyl (C=O) groups is 1. The largest absolute Gasteiger partial charge is 0.456 e. The molecule has 0 aromatic heterocycles. The van der Waals surface area contributed by atoms with Crippen molar-refractivity contribution < 1.29 is 9.53 Å². The van der Waals surface area contributed by atoms with E-state index >= 15 is 0 Å². The van der Waals surface area contributed by atoms with Gasteiger partial charge in [0.05, 0.1) is 15.8 Å². The van der Waals surface area contributed by atoms with Gasteiger partial charge in [0, 0.05) is 18.2 Å². The lowest BCUT2D eigenvalue weighted by Crippen LogP contribution is -2.04. The highest BCUT2D eigenvalue weighted by molar-refractivity contribution is 9.10. The first kappa shape index (κ1) is 30.4. The average molecular weight is 568 g/mol. The lowest BCUT2D eigenvalue weighted by Gasteiger charge is -2.15. The number of ketones is 1. The molecule has 1 aliphatic carbocycles. The lowest BCUT2D eigenvalue weighted by molar-refractivity contribution is 0.101. The number of anilines is 2. The van der Waals surface area contributed by atoms with Gasteiger partial charge in [-0.2, -0.15) is 0 Å². The van der Waals surface area contributed by atoms with Crippen LogP contribution in [0, 0.1) is 5.92 Å². The Kier molecular flexibility index (Phi) is 13.9. The summed E-state index contributed by atoms with van der Waals surface area (Å²) < 4.78 is 6.80. The van der Waals surface area contributed by atoms with Crippen molar-refractivity contribution in [3.05, 3.63) is 82.3 Å². The van der Waals surface area contributed by atoms with Crippen LogP contribution in [0.15, 0.2) is 71.2 Å². The van der Waals surface area contributed by atoms with Crippen LogP contribution in [-0.2, 0) is 6.54 Å². The molecule has 3 N–H and O–H groups in total.